The van der Waals surface area contributed by atoms with Gasteiger partial charge in [0.15, 0.2) is 5.65 Å². The van der Waals surface area contributed by atoms with E-state index in [1.807, 2.05) is 18.2 Å². The van der Waals surface area contributed by atoms with Crippen molar-refractivity contribution in [2.24, 2.45) is 0 Å². The highest BCUT2D eigenvalue weighted by molar-refractivity contribution is 5.84. The van der Waals surface area contributed by atoms with Crippen molar-refractivity contribution in [2.45, 2.75) is 0 Å². The molecular formula is C13H12N6O2. The van der Waals surface area contributed by atoms with Gasteiger partial charge in [-0.25, -0.2) is 4.79 Å². The number of ether oxygens (including phenoxy) is 1. The summed E-state index contributed by atoms with van der Waals surface area (Å²) in [4.78, 5) is 11.1. The van der Waals surface area contributed by atoms with Gasteiger partial charge in [-0.3, -0.25) is 5.32 Å². The lowest BCUT2D eigenvalue weighted by Gasteiger charge is -2.05. The van der Waals surface area contributed by atoms with Gasteiger partial charge in [-0.1, -0.05) is 12.1 Å². The van der Waals surface area contributed by atoms with Gasteiger partial charge in [0.1, 0.15) is 0 Å². The number of methoxy groups -OCH3 is 1. The van der Waals surface area contributed by atoms with E-state index in [0.29, 0.717) is 11.3 Å². The molecule has 106 valence electrons. The monoisotopic (exact) mass is 284 g/mol. The zero-order valence-corrected chi connectivity index (χ0v) is 11.1. The molecule has 1 amide bonds. The van der Waals surface area contributed by atoms with Gasteiger partial charge >= 0.3 is 6.09 Å². The van der Waals surface area contributed by atoms with Crippen LogP contribution in [0.4, 0.5) is 16.4 Å². The molecule has 0 unspecified atom stereocenters. The number of benzene rings is 1. The van der Waals surface area contributed by atoms with Crippen LogP contribution >= 0.6 is 0 Å². The second-order valence-corrected chi connectivity index (χ2v) is 4.24. The van der Waals surface area contributed by atoms with E-state index in [1.54, 1.807) is 18.2 Å². The summed E-state index contributed by atoms with van der Waals surface area (Å²) in [5, 5.41) is 14.6. The average molecular weight is 284 g/mol. The Morgan fingerprint density at radius 3 is 2.67 bits per heavy atom. The minimum absolute atomic E-state index is 0.232. The standard InChI is InChI=1S/C13H12N6O2/c1-21-13(20)15-9-4-2-8(3-5-9)10-6-7-11-16-17-12(14)19(11)18-10/h2-7H,1H3,(H2,14,17)(H,15,20). The molecule has 0 aliphatic heterocycles. The Balaban J connectivity index is 1.91. The van der Waals surface area contributed by atoms with Crippen LogP contribution in [-0.2, 0) is 4.74 Å². The number of fused-ring (bicyclic) bond motifs is 1. The summed E-state index contributed by atoms with van der Waals surface area (Å²) in [7, 11) is 1.31. The molecule has 0 bridgehead atoms. The van der Waals surface area contributed by atoms with Crippen LogP contribution in [0, 0.1) is 0 Å². The van der Waals surface area contributed by atoms with Crippen molar-refractivity contribution >= 4 is 23.4 Å². The summed E-state index contributed by atoms with van der Waals surface area (Å²) in [6.07, 6.45) is -0.514. The molecule has 0 saturated carbocycles. The van der Waals surface area contributed by atoms with Gasteiger partial charge < -0.3 is 10.5 Å². The van der Waals surface area contributed by atoms with Crippen LogP contribution in [0.25, 0.3) is 16.9 Å². The Morgan fingerprint density at radius 1 is 1.19 bits per heavy atom. The number of nitrogens with two attached hydrogens (primary N) is 1. The Kier molecular flexibility index (Phi) is 3.11. The number of aromatic nitrogens is 4. The molecule has 8 heteroatoms. The normalized spacial score (nSPS) is 10.5. The molecule has 0 saturated heterocycles. The van der Waals surface area contributed by atoms with Gasteiger partial charge in [0.2, 0.25) is 5.95 Å². The van der Waals surface area contributed by atoms with E-state index in [2.05, 4.69) is 25.3 Å². The smallest absolute Gasteiger partial charge is 0.411 e. The number of anilines is 2. The molecule has 2 aromatic heterocycles. The Bertz CT molecular complexity index is 796. The first-order valence-electron chi connectivity index (χ1n) is 6.11. The highest BCUT2D eigenvalue weighted by Gasteiger charge is 2.06. The van der Waals surface area contributed by atoms with Crippen molar-refractivity contribution in [3.05, 3.63) is 36.4 Å². The second-order valence-electron chi connectivity index (χ2n) is 4.24. The summed E-state index contributed by atoms with van der Waals surface area (Å²) in [5.41, 5.74) is 8.50. The molecule has 3 aromatic rings. The zero-order valence-electron chi connectivity index (χ0n) is 11.1. The third-order valence-corrected chi connectivity index (χ3v) is 2.90. The number of rotatable bonds is 2. The number of hydrogen-bond donors (Lipinski definition) is 2. The van der Waals surface area contributed by atoms with Crippen LogP contribution < -0.4 is 11.1 Å². The highest BCUT2D eigenvalue weighted by atomic mass is 16.5. The Morgan fingerprint density at radius 2 is 1.95 bits per heavy atom. The molecule has 0 radical (unpaired) electrons. The van der Waals surface area contributed by atoms with Crippen LogP contribution in [0.1, 0.15) is 0 Å². The fraction of sp³-hybridized carbons (Fsp3) is 0.0769. The lowest BCUT2D eigenvalue weighted by atomic mass is 10.1. The van der Waals surface area contributed by atoms with Crippen molar-refractivity contribution < 1.29 is 9.53 Å². The van der Waals surface area contributed by atoms with Gasteiger partial charge in [-0.2, -0.15) is 9.61 Å². The van der Waals surface area contributed by atoms with Crippen molar-refractivity contribution in [1.82, 2.24) is 19.8 Å². The van der Waals surface area contributed by atoms with Gasteiger partial charge in [0.05, 0.1) is 12.8 Å². The predicted molar refractivity (Wildman–Crippen MR) is 76.7 cm³/mol. The van der Waals surface area contributed by atoms with Crippen molar-refractivity contribution in [1.29, 1.82) is 0 Å². The van der Waals surface area contributed by atoms with E-state index in [0.717, 1.165) is 11.3 Å². The third-order valence-electron chi connectivity index (χ3n) is 2.90. The predicted octanol–water partition coefficient (Wildman–Crippen LogP) is 1.55. The number of amides is 1. The first-order valence-corrected chi connectivity index (χ1v) is 6.11. The van der Waals surface area contributed by atoms with Gasteiger partial charge in [0, 0.05) is 11.3 Å². The van der Waals surface area contributed by atoms with Crippen molar-refractivity contribution in [3.8, 4) is 11.3 Å². The number of nitrogens with zero attached hydrogens (tertiary/aromatic N) is 4. The van der Waals surface area contributed by atoms with E-state index < -0.39 is 6.09 Å². The van der Waals surface area contributed by atoms with Crippen LogP contribution in [0.2, 0.25) is 0 Å². The molecule has 3 N–H and O–H groups in total. The largest absolute Gasteiger partial charge is 0.453 e. The summed E-state index contributed by atoms with van der Waals surface area (Å²) >= 11 is 0. The van der Waals surface area contributed by atoms with E-state index in [-0.39, 0.29) is 5.95 Å². The molecule has 0 fully saturated rings. The third kappa shape index (κ3) is 2.46. The first-order chi connectivity index (χ1) is 10.2. The highest BCUT2D eigenvalue weighted by Crippen LogP contribution is 2.20. The molecule has 8 nitrogen and oxygen atoms in total. The molecule has 2 heterocycles. The molecule has 0 atom stereocenters. The minimum atomic E-state index is -0.514. The number of nitrogens with one attached hydrogen (secondary N) is 1. The van der Waals surface area contributed by atoms with Gasteiger partial charge in [-0.05, 0) is 24.3 Å². The minimum Gasteiger partial charge on any atom is -0.453 e. The first kappa shape index (κ1) is 12.9. The molecule has 0 aliphatic carbocycles. The quantitative estimate of drug-likeness (QED) is 0.739. The Labute approximate surface area is 119 Å². The second kappa shape index (κ2) is 5.08. The van der Waals surface area contributed by atoms with Crippen molar-refractivity contribution in [3.63, 3.8) is 0 Å². The molecular weight excluding hydrogens is 272 g/mol. The number of hydrogen-bond acceptors (Lipinski definition) is 6. The number of carbonyl (C=O) groups excluding carboxylic acids is 1. The molecule has 21 heavy (non-hydrogen) atoms. The van der Waals surface area contributed by atoms with E-state index >= 15 is 0 Å². The molecule has 3 rings (SSSR count). The topological polar surface area (TPSA) is 107 Å². The fourth-order valence-electron chi connectivity index (χ4n) is 1.85. The molecule has 0 aliphatic rings. The summed E-state index contributed by atoms with van der Waals surface area (Å²) in [6.45, 7) is 0. The van der Waals surface area contributed by atoms with Gasteiger partial charge in [-0.15, -0.1) is 10.2 Å². The number of nitrogen functional groups attached to an aromatic ring is 1. The average Bonchev–Trinajstić information content (AvgIpc) is 2.89. The van der Waals surface area contributed by atoms with E-state index in [9.17, 15) is 4.79 Å². The van der Waals surface area contributed by atoms with Gasteiger partial charge in [0.25, 0.3) is 0 Å². The number of carbonyl (C=O) groups is 1. The fourth-order valence-corrected chi connectivity index (χ4v) is 1.85. The van der Waals surface area contributed by atoms with Crippen molar-refractivity contribution in [2.75, 3.05) is 18.2 Å². The van der Waals surface area contributed by atoms with Crippen LogP contribution in [-0.4, -0.2) is 33.0 Å². The lowest BCUT2D eigenvalue weighted by molar-refractivity contribution is 0.187. The summed E-state index contributed by atoms with van der Waals surface area (Å²) < 4.78 is 6.00. The SMILES string of the molecule is COC(=O)Nc1ccc(-c2ccc3nnc(N)n3n2)cc1. The van der Waals surface area contributed by atoms with E-state index in [4.69, 9.17) is 5.73 Å². The van der Waals surface area contributed by atoms with Crippen LogP contribution in [0.3, 0.4) is 0 Å². The summed E-state index contributed by atoms with van der Waals surface area (Å²) in [5.74, 6) is 0.232. The van der Waals surface area contributed by atoms with Crippen LogP contribution in [0.15, 0.2) is 36.4 Å². The molecule has 0 spiro atoms. The summed E-state index contributed by atoms with van der Waals surface area (Å²) in [6, 6.07) is 10.8. The molecule has 1 aromatic carbocycles. The zero-order chi connectivity index (χ0) is 14.8. The maximum atomic E-state index is 11.1. The lowest BCUT2D eigenvalue weighted by Crippen LogP contribution is -2.10. The van der Waals surface area contributed by atoms with E-state index in [1.165, 1.54) is 11.6 Å². The maximum absolute atomic E-state index is 11.1. The maximum Gasteiger partial charge on any atom is 0.411 e. The van der Waals surface area contributed by atoms with Crippen LogP contribution in [0.5, 0.6) is 0 Å². The Hall–Kier alpha value is -3.16.